The van der Waals surface area contributed by atoms with Crippen LogP contribution in [0.4, 0.5) is 5.13 Å². The van der Waals surface area contributed by atoms with E-state index in [2.05, 4.69) is 16.8 Å². The summed E-state index contributed by atoms with van der Waals surface area (Å²) in [5.41, 5.74) is 0. The molecule has 12 heavy (non-hydrogen) atoms. The van der Waals surface area contributed by atoms with Crippen LogP contribution in [0.5, 0.6) is 0 Å². The SMILES string of the molecule is CCc1cnc(N2CCCC2)s1. The lowest BCUT2D eigenvalue weighted by molar-refractivity contribution is 0.949. The smallest absolute Gasteiger partial charge is 0.185 e. The van der Waals surface area contributed by atoms with Gasteiger partial charge < -0.3 is 4.90 Å². The van der Waals surface area contributed by atoms with E-state index < -0.39 is 0 Å². The Bertz CT molecular complexity index is 251. The van der Waals surface area contributed by atoms with Crippen LogP contribution in [0.15, 0.2) is 6.20 Å². The predicted molar refractivity (Wildman–Crippen MR) is 52.9 cm³/mol. The summed E-state index contributed by atoms with van der Waals surface area (Å²) in [5, 5.41) is 1.23. The summed E-state index contributed by atoms with van der Waals surface area (Å²) in [5.74, 6) is 0. The highest BCUT2D eigenvalue weighted by molar-refractivity contribution is 7.15. The van der Waals surface area contributed by atoms with Gasteiger partial charge in [-0.2, -0.15) is 0 Å². The molecule has 0 N–H and O–H groups in total. The molecule has 1 aliphatic heterocycles. The predicted octanol–water partition coefficient (Wildman–Crippen LogP) is 2.31. The summed E-state index contributed by atoms with van der Waals surface area (Å²) < 4.78 is 0. The second-order valence-corrected chi connectivity index (χ2v) is 4.25. The molecule has 0 saturated carbocycles. The van der Waals surface area contributed by atoms with Gasteiger partial charge in [0.2, 0.25) is 0 Å². The fourth-order valence-corrected chi connectivity index (χ4v) is 2.42. The van der Waals surface area contributed by atoms with Gasteiger partial charge in [0.15, 0.2) is 5.13 Å². The van der Waals surface area contributed by atoms with Crippen molar-refractivity contribution in [3.63, 3.8) is 0 Å². The van der Waals surface area contributed by atoms with Crippen molar-refractivity contribution in [3.8, 4) is 0 Å². The molecule has 0 bridgehead atoms. The van der Waals surface area contributed by atoms with Crippen LogP contribution >= 0.6 is 11.3 Å². The number of hydrogen-bond donors (Lipinski definition) is 0. The lowest BCUT2D eigenvalue weighted by Crippen LogP contribution is -2.16. The third-order valence-electron chi connectivity index (χ3n) is 2.27. The lowest BCUT2D eigenvalue weighted by atomic mass is 10.4. The molecule has 1 aromatic heterocycles. The zero-order valence-corrected chi connectivity index (χ0v) is 8.23. The molecule has 1 fully saturated rings. The van der Waals surface area contributed by atoms with Gasteiger partial charge in [0, 0.05) is 24.2 Å². The van der Waals surface area contributed by atoms with E-state index >= 15 is 0 Å². The molecule has 3 heteroatoms. The number of nitrogens with zero attached hydrogens (tertiary/aromatic N) is 2. The molecule has 1 saturated heterocycles. The molecule has 0 radical (unpaired) electrons. The van der Waals surface area contributed by atoms with Crippen molar-refractivity contribution in [1.82, 2.24) is 4.98 Å². The van der Waals surface area contributed by atoms with Crippen LogP contribution in [0.25, 0.3) is 0 Å². The average Bonchev–Trinajstić information content (AvgIpc) is 2.75. The van der Waals surface area contributed by atoms with E-state index in [1.54, 1.807) is 0 Å². The Labute approximate surface area is 77.2 Å². The number of thiazole rings is 1. The van der Waals surface area contributed by atoms with Crippen molar-refractivity contribution >= 4 is 16.5 Å². The zero-order chi connectivity index (χ0) is 8.39. The summed E-state index contributed by atoms with van der Waals surface area (Å²) in [7, 11) is 0. The number of hydrogen-bond acceptors (Lipinski definition) is 3. The molecular weight excluding hydrogens is 168 g/mol. The number of rotatable bonds is 2. The molecule has 0 spiro atoms. The van der Waals surface area contributed by atoms with Crippen molar-refractivity contribution in [1.29, 1.82) is 0 Å². The first kappa shape index (κ1) is 8.05. The first-order valence-corrected chi connectivity index (χ1v) is 5.41. The highest BCUT2D eigenvalue weighted by atomic mass is 32.1. The average molecular weight is 182 g/mol. The van der Waals surface area contributed by atoms with Gasteiger partial charge >= 0.3 is 0 Å². The number of aromatic nitrogens is 1. The largest absolute Gasteiger partial charge is 0.348 e. The molecule has 0 aliphatic carbocycles. The normalized spacial score (nSPS) is 17.2. The minimum Gasteiger partial charge on any atom is -0.348 e. The van der Waals surface area contributed by atoms with Gasteiger partial charge in [0.1, 0.15) is 0 Å². The molecule has 1 aliphatic rings. The van der Waals surface area contributed by atoms with Crippen LogP contribution in [0.3, 0.4) is 0 Å². The van der Waals surface area contributed by atoms with Crippen LogP contribution in [0.1, 0.15) is 24.6 Å². The van der Waals surface area contributed by atoms with Crippen molar-refractivity contribution in [2.75, 3.05) is 18.0 Å². The molecule has 0 unspecified atom stereocenters. The molecule has 0 aromatic carbocycles. The fourth-order valence-electron chi connectivity index (χ4n) is 1.52. The number of anilines is 1. The third kappa shape index (κ3) is 1.46. The Hall–Kier alpha value is -0.570. The maximum Gasteiger partial charge on any atom is 0.185 e. The zero-order valence-electron chi connectivity index (χ0n) is 7.42. The van der Waals surface area contributed by atoms with Gasteiger partial charge in [-0.25, -0.2) is 4.98 Å². The fraction of sp³-hybridized carbons (Fsp3) is 0.667. The van der Waals surface area contributed by atoms with E-state index in [1.807, 2.05) is 17.5 Å². The van der Waals surface area contributed by atoms with Crippen molar-refractivity contribution in [2.45, 2.75) is 26.2 Å². The molecule has 0 amide bonds. The Morgan fingerprint density at radius 2 is 2.25 bits per heavy atom. The standard InChI is InChI=1S/C9H14N2S/c1-2-8-7-10-9(12-8)11-5-3-4-6-11/h7H,2-6H2,1H3. The van der Waals surface area contributed by atoms with E-state index in [4.69, 9.17) is 0 Å². The second-order valence-electron chi connectivity index (χ2n) is 3.16. The van der Waals surface area contributed by atoms with Crippen molar-refractivity contribution in [3.05, 3.63) is 11.1 Å². The highest BCUT2D eigenvalue weighted by Crippen LogP contribution is 2.25. The van der Waals surface area contributed by atoms with E-state index in [0.717, 1.165) is 6.42 Å². The van der Waals surface area contributed by atoms with E-state index in [9.17, 15) is 0 Å². The summed E-state index contributed by atoms with van der Waals surface area (Å²) in [6.45, 7) is 4.59. The van der Waals surface area contributed by atoms with Crippen LogP contribution < -0.4 is 4.90 Å². The van der Waals surface area contributed by atoms with Crippen LogP contribution in [0.2, 0.25) is 0 Å². The Balaban J connectivity index is 2.11. The Morgan fingerprint density at radius 3 is 2.83 bits per heavy atom. The molecular formula is C9H14N2S. The summed E-state index contributed by atoms with van der Waals surface area (Å²) >= 11 is 1.84. The van der Waals surface area contributed by atoms with Crippen LogP contribution in [-0.2, 0) is 6.42 Å². The molecule has 1 aromatic rings. The molecule has 66 valence electrons. The Kier molecular flexibility index (Phi) is 2.30. The first-order valence-electron chi connectivity index (χ1n) is 4.60. The molecule has 2 nitrogen and oxygen atoms in total. The van der Waals surface area contributed by atoms with Crippen LogP contribution in [-0.4, -0.2) is 18.1 Å². The van der Waals surface area contributed by atoms with Crippen molar-refractivity contribution < 1.29 is 0 Å². The maximum atomic E-state index is 4.41. The van der Waals surface area contributed by atoms with E-state index in [0.29, 0.717) is 0 Å². The molecule has 2 rings (SSSR count). The first-order chi connectivity index (χ1) is 5.90. The highest BCUT2D eigenvalue weighted by Gasteiger charge is 2.14. The third-order valence-corrected chi connectivity index (χ3v) is 3.47. The molecule has 2 heterocycles. The van der Waals surface area contributed by atoms with E-state index in [1.165, 1.54) is 35.9 Å². The lowest BCUT2D eigenvalue weighted by Gasteiger charge is -2.11. The monoisotopic (exact) mass is 182 g/mol. The van der Waals surface area contributed by atoms with Gasteiger partial charge in [0.25, 0.3) is 0 Å². The summed E-state index contributed by atoms with van der Waals surface area (Å²) in [6, 6.07) is 0. The molecule has 0 atom stereocenters. The minimum absolute atomic E-state index is 1.12. The minimum atomic E-state index is 1.12. The number of aryl methyl sites for hydroxylation is 1. The van der Waals surface area contributed by atoms with Gasteiger partial charge in [-0.15, -0.1) is 11.3 Å². The topological polar surface area (TPSA) is 16.1 Å². The summed E-state index contributed by atoms with van der Waals surface area (Å²) in [4.78, 5) is 8.21. The van der Waals surface area contributed by atoms with Gasteiger partial charge in [-0.3, -0.25) is 0 Å². The van der Waals surface area contributed by atoms with Gasteiger partial charge in [0.05, 0.1) is 0 Å². The van der Waals surface area contributed by atoms with Gasteiger partial charge in [-0.05, 0) is 19.3 Å². The van der Waals surface area contributed by atoms with Crippen molar-refractivity contribution in [2.24, 2.45) is 0 Å². The maximum absolute atomic E-state index is 4.41. The van der Waals surface area contributed by atoms with E-state index in [-0.39, 0.29) is 0 Å². The second kappa shape index (κ2) is 3.44. The van der Waals surface area contributed by atoms with Gasteiger partial charge in [-0.1, -0.05) is 6.92 Å². The van der Waals surface area contributed by atoms with Crippen LogP contribution in [0, 0.1) is 0 Å². The summed E-state index contributed by atoms with van der Waals surface area (Å²) in [6.07, 6.45) is 5.80. The quantitative estimate of drug-likeness (QED) is 0.697. The Morgan fingerprint density at radius 1 is 1.50 bits per heavy atom.